The molecule has 0 unspecified atom stereocenters. The SMILES string of the molecule is COC(=O)c1sccc1NC(=O)c1cn(C(=O)Nc2ccccc2)nc1C. The topological polar surface area (TPSA) is 102 Å². The molecule has 0 saturated heterocycles. The third-order valence-electron chi connectivity index (χ3n) is 3.66. The molecule has 3 aromatic rings. The van der Waals surface area contributed by atoms with Gasteiger partial charge in [0.2, 0.25) is 0 Å². The molecule has 0 bridgehead atoms. The van der Waals surface area contributed by atoms with Crippen molar-refractivity contribution >= 4 is 40.6 Å². The average Bonchev–Trinajstić information content (AvgIpc) is 3.28. The van der Waals surface area contributed by atoms with Gasteiger partial charge >= 0.3 is 12.0 Å². The van der Waals surface area contributed by atoms with Crippen LogP contribution in [-0.4, -0.2) is 34.8 Å². The van der Waals surface area contributed by atoms with Gasteiger partial charge in [-0.1, -0.05) is 18.2 Å². The van der Waals surface area contributed by atoms with E-state index in [9.17, 15) is 14.4 Å². The van der Waals surface area contributed by atoms with Crippen LogP contribution in [0.5, 0.6) is 0 Å². The molecule has 2 N–H and O–H groups in total. The zero-order chi connectivity index (χ0) is 19.4. The zero-order valence-electron chi connectivity index (χ0n) is 14.6. The van der Waals surface area contributed by atoms with E-state index in [-0.39, 0.29) is 10.4 Å². The molecule has 0 aliphatic rings. The molecule has 0 spiro atoms. The summed E-state index contributed by atoms with van der Waals surface area (Å²) in [5.74, 6) is -1.01. The highest BCUT2D eigenvalue weighted by molar-refractivity contribution is 7.12. The Morgan fingerprint density at radius 3 is 2.56 bits per heavy atom. The van der Waals surface area contributed by atoms with Crippen molar-refractivity contribution in [2.24, 2.45) is 0 Å². The highest BCUT2D eigenvalue weighted by Crippen LogP contribution is 2.24. The Morgan fingerprint density at radius 2 is 1.85 bits per heavy atom. The highest BCUT2D eigenvalue weighted by atomic mass is 32.1. The Morgan fingerprint density at radius 1 is 1.11 bits per heavy atom. The molecule has 0 fully saturated rings. The first kappa shape index (κ1) is 18.3. The predicted octanol–water partition coefficient (Wildman–Crippen LogP) is 3.37. The quantitative estimate of drug-likeness (QED) is 0.672. The normalized spacial score (nSPS) is 10.3. The number of benzene rings is 1. The van der Waals surface area contributed by atoms with Gasteiger partial charge in [-0.05, 0) is 30.5 Å². The molecule has 8 nitrogen and oxygen atoms in total. The van der Waals surface area contributed by atoms with Crippen molar-refractivity contribution in [1.82, 2.24) is 9.78 Å². The van der Waals surface area contributed by atoms with Gasteiger partial charge in [-0.25, -0.2) is 9.59 Å². The summed E-state index contributed by atoms with van der Waals surface area (Å²) in [6, 6.07) is 10.0. The number of aryl methyl sites for hydroxylation is 1. The van der Waals surface area contributed by atoms with Crippen LogP contribution in [0.3, 0.4) is 0 Å². The number of anilines is 2. The molecule has 1 aromatic carbocycles. The van der Waals surface area contributed by atoms with Gasteiger partial charge in [0, 0.05) is 11.9 Å². The molecule has 138 valence electrons. The summed E-state index contributed by atoms with van der Waals surface area (Å²) in [6.07, 6.45) is 1.34. The van der Waals surface area contributed by atoms with Crippen LogP contribution in [0, 0.1) is 6.92 Å². The van der Waals surface area contributed by atoms with Crippen molar-refractivity contribution in [3.63, 3.8) is 0 Å². The second-order valence-electron chi connectivity index (χ2n) is 5.48. The lowest BCUT2D eigenvalue weighted by Gasteiger charge is -2.05. The van der Waals surface area contributed by atoms with Gasteiger partial charge in [-0.2, -0.15) is 9.78 Å². The Kier molecular flexibility index (Phi) is 5.32. The molecular weight excluding hydrogens is 368 g/mol. The lowest BCUT2D eigenvalue weighted by Crippen LogP contribution is -2.20. The molecule has 0 radical (unpaired) electrons. The van der Waals surface area contributed by atoms with E-state index in [0.717, 1.165) is 16.0 Å². The van der Waals surface area contributed by atoms with E-state index in [1.165, 1.54) is 13.3 Å². The summed E-state index contributed by atoms with van der Waals surface area (Å²) < 4.78 is 5.75. The first-order chi connectivity index (χ1) is 13.0. The summed E-state index contributed by atoms with van der Waals surface area (Å²) in [5, 5.41) is 11.1. The van der Waals surface area contributed by atoms with Crippen molar-refractivity contribution in [2.75, 3.05) is 17.7 Å². The number of carbonyl (C=O) groups is 3. The van der Waals surface area contributed by atoms with Gasteiger partial charge in [0.25, 0.3) is 5.91 Å². The first-order valence-corrected chi connectivity index (χ1v) is 8.77. The van der Waals surface area contributed by atoms with Crippen LogP contribution < -0.4 is 10.6 Å². The van der Waals surface area contributed by atoms with Gasteiger partial charge in [-0.15, -0.1) is 11.3 Å². The minimum atomic E-state index is -0.532. The molecule has 27 heavy (non-hydrogen) atoms. The third kappa shape index (κ3) is 4.04. The van der Waals surface area contributed by atoms with Crippen molar-refractivity contribution < 1.29 is 19.1 Å². The fraction of sp³-hybridized carbons (Fsp3) is 0.111. The standard InChI is InChI=1S/C18H16N4O4S/c1-11-13(16(23)20-14-8-9-27-15(14)17(24)26-2)10-22(21-11)18(25)19-12-6-4-3-5-7-12/h3-10H,1-2H3,(H,19,25)(H,20,23). The van der Waals surface area contributed by atoms with Crippen LogP contribution in [0.2, 0.25) is 0 Å². The van der Waals surface area contributed by atoms with Gasteiger partial charge in [0.15, 0.2) is 0 Å². The lowest BCUT2D eigenvalue weighted by atomic mass is 10.2. The van der Waals surface area contributed by atoms with Crippen LogP contribution in [0.1, 0.15) is 25.7 Å². The molecule has 2 aromatic heterocycles. The molecule has 2 heterocycles. The summed E-state index contributed by atoms with van der Waals surface area (Å²) in [7, 11) is 1.27. The number of ether oxygens (including phenoxy) is 1. The maximum Gasteiger partial charge on any atom is 0.350 e. The van der Waals surface area contributed by atoms with Crippen molar-refractivity contribution in [1.29, 1.82) is 0 Å². The van der Waals surface area contributed by atoms with Crippen LogP contribution in [0.25, 0.3) is 0 Å². The lowest BCUT2D eigenvalue weighted by molar-refractivity contribution is 0.0607. The van der Waals surface area contributed by atoms with Crippen molar-refractivity contribution in [3.05, 3.63) is 64.1 Å². The van der Waals surface area contributed by atoms with Gasteiger partial charge in [-0.3, -0.25) is 4.79 Å². The maximum absolute atomic E-state index is 12.5. The van der Waals surface area contributed by atoms with Crippen molar-refractivity contribution in [2.45, 2.75) is 6.92 Å². The monoisotopic (exact) mass is 384 g/mol. The van der Waals surface area contributed by atoms with Gasteiger partial charge in [0.05, 0.1) is 24.1 Å². The average molecular weight is 384 g/mol. The smallest absolute Gasteiger partial charge is 0.350 e. The summed E-state index contributed by atoms with van der Waals surface area (Å²) in [5.41, 5.74) is 1.56. The minimum Gasteiger partial charge on any atom is -0.465 e. The number of thiophene rings is 1. The number of hydrogen-bond donors (Lipinski definition) is 2. The number of aromatic nitrogens is 2. The van der Waals surface area contributed by atoms with E-state index < -0.39 is 17.9 Å². The Hall–Kier alpha value is -3.46. The fourth-order valence-corrected chi connectivity index (χ4v) is 3.10. The number of hydrogen-bond acceptors (Lipinski definition) is 6. The third-order valence-corrected chi connectivity index (χ3v) is 4.56. The molecule has 3 rings (SSSR count). The number of amides is 2. The summed E-state index contributed by atoms with van der Waals surface area (Å²) >= 11 is 1.16. The van der Waals surface area contributed by atoms with Crippen molar-refractivity contribution in [3.8, 4) is 0 Å². The number of rotatable bonds is 4. The second kappa shape index (κ2) is 7.83. The number of methoxy groups -OCH3 is 1. The second-order valence-corrected chi connectivity index (χ2v) is 6.39. The Bertz CT molecular complexity index is 994. The largest absolute Gasteiger partial charge is 0.465 e. The van der Waals surface area contributed by atoms with Crippen LogP contribution >= 0.6 is 11.3 Å². The first-order valence-electron chi connectivity index (χ1n) is 7.89. The van der Waals surface area contributed by atoms with Gasteiger partial charge < -0.3 is 15.4 Å². The molecule has 0 saturated carbocycles. The van der Waals surface area contributed by atoms with Crippen LogP contribution in [0.15, 0.2) is 48.0 Å². The van der Waals surface area contributed by atoms with E-state index in [1.807, 2.05) is 6.07 Å². The number of esters is 1. The van der Waals surface area contributed by atoms with E-state index in [2.05, 4.69) is 20.5 Å². The van der Waals surface area contributed by atoms with E-state index in [0.29, 0.717) is 17.1 Å². The molecule has 9 heteroatoms. The van der Waals surface area contributed by atoms with Crippen LogP contribution in [-0.2, 0) is 4.74 Å². The van der Waals surface area contributed by atoms with E-state index in [4.69, 9.17) is 0 Å². The Balaban J connectivity index is 1.76. The van der Waals surface area contributed by atoms with E-state index >= 15 is 0 Å². The van der Waals surface area contributed by atoms with Gasteiger partial charge in [0.1, 0.15) is 4.88 Å². The molecule has 0 aliphatic heterocycles. The highest BCUT2D eigenvalue weighted by Gasteiger charge is 2.20. The minimum absolute atomic E-state index is 0.222. The Labute approximate surface area is 158 Å². The number of para-hydroxylation sites is 1. The number of nitrogens with zero attached hydrogens (tertiary/aromatic N) is 2. The molecule has 0 aliphatic carbocycles. The summed E-state index contributed by atoms with van der Waals surface area (Å²) in [4.78, 5) is 36.9. The summed E-state index contributed by atoms with van der Waals surface area (Å²) in [6.45, 7) is 1.62. The molecule has 0 atom stereocenters. The zero-order valence-corrected chi connectivity index (χ0v) is 15.4. The predicted molar refractivity (Wildman–Crippen MR) is 101 cm³/mol. The number of nitrogens with one attached hydrogen (secondary N) is 2. The van der Waals surface area contributed by atoms with E-state index in [1.54, 1.807) is 42.6 Å². The molecular formula is C18H16N4O4S. The number of carbonyl (C=O) groups excluding carboxylic acids is 3. The molecule has 2 amide bonds. The van der Waals surface area contributed by atoms with Crippen LogP contribution in [0.4, 0.5) is 16.2 Å². The fourth-order valence-electron chi connectivity index (χ4n) is 2.34. The maximum atomic E-state index is 12.5.